The summed E-state index contributed by atoms with van der Waals surface area (Å²) in [7, 11) is -3.64. The van der Waals surface area contributed by atoms with Gasteiger partial charge in [-0.25, -0.2) is 4.79 Å². The van der Waals surface area contributed by atoms with Crippen LogP contribution in [0.25, 0.3) is 0 Å². The van der Waals surface area contributed by atoms with Crippen LogP contribution in [0.5, 0.6) is 0 Å². The second kappa shape index (κ2) is 11.2. The smallest absolute Gasteiger partial charge is 0.318 e. The van der Waals surface area contributed by atoms with E-state index < -0.39 is 19.9 Å². The summed E-state index contributed by atoms with van der Waals surface area (Å²) in [5.41, 5.74) is 0.865. The highest BCUT2D eigenvalue weighted by Crippen LogP contribution is 2.48. The van der Waals surface area contributed by atoms with Crippen molar-refractivity contribution in [3.63, 3.8) is 0 Å². The third kappa shape index (κ3) is 7.12. The quantitative estimate of drug-likeness (QED) is 0.246. The van der Waals surface area contributed by atoms with Crippen LogP contribution in [0.15, 0.2) is 35.6 Å². The van der Waals surface area contributed by atoms with Crippen LogP contribution in [0.4, 0.5) is 4.79 Å². The molecule has 1 aromatic rings. The summed E-state index contributed by atoms with van der Waals surface area (Å²) < 4.78 is 22.8. The van der Waals surface area contributed by atoms with E-state index in [1.165, 1.54) is 4.90 Å². The van der Waals surface area contributed by atoms with E-state index in [4.69, 9.17) is 20.6 Å². The molecule has 25 heavy (non-hydrogen) atoms. The third-order valence-corrected chi connectivity index (χ3v) is 5.21. The molecule has 0 aliphatic carbocycles. The number of amides is 2. The first kappa shape index (κ1) is 21.6. The van der Waals surface area contributed by atoms with Crippen molar-refractivity contribution in [3.8, 4) is 0 Å². The van der Waals surface area contributed by atoms with Crippen molar-refractivity contribution >= 4 is 25.2 Å². The van der Waals surface area contributed by atoms with Gasteiger partial charge in [0.1, 0.15) is 0 Å². The van der Waals surface area contributed by atoms with Gasteiger partial charge in [0, 0.05) is 19.0 Å². The number of hydrogen-bond donors (Lipinski definition) is 0. The van der Waals surface area contributed by atoms with Gasteiger partial charge in [0.05, 0.1) is 18.5 Å². The normalized spacial score (nSPS) is 11.2. The number of urea groups is 1. The van der Waals surface area contributed by atoms with Crippen molar-refractivity contribution in [2.75, 3.05) is 31.9 Å². The number of carbonyl (C=O) groups excluding carboxylic acids is 1. The van der Waals surface area contributed by atoms with Crippen molar-refractivity contribution in [2.24, 2.45) is 5.29 Å². The molecule has 2 amide bonds. The first-order valence-electron chi connectivity index (χ1n) is 7.87. The molecule has 0 bridgehead atoms. The molecule has 0 aromatic heterocycles. The topological polar surface area (TPSA) is 88.5 Å². The molecular formula is C15H23ClN3O5P. The maximum Gasteiger partial charge on any atom is 0.352 e. The number of carbonyl (C=O) groups is 1. The number of halogens is 1. The monoisotopic (exact) mass is 391 g/mol. The van der Waals surface area contributed by atoms with Crippen molar-refractivity contribution < 1.29 is 18.4 Å². The molecular weight excluding hydrogens is 369 g/mol. The second-order valence-corrected chi connectivity index (χ2v) is 7.35. The molecule has 0 heterocycles. The van der Waals surface area contributed by atoms with Crippen molar-refractivity contribution in [1.29, 1.82) is 0 Å². The van der Waals surface area contributed by atoms with Gasteiger partial charge in [-0.15, -0.1) is 16.5 Å². The standard InChI is InChI=1S/C15H23ClN3O5P/c1-3-23-25(22,24-4-2)13-19(17-21)15(20)18(11-10-16)12-14-8-6-5-7-9-14/h5-9H,3-4,10-13H2,1-2H3. The van der Waals surface area contributed by atoms with Crippen LogP contribution in [-0.2, 0) is 20.2 Å². The highest BCUT2D eigenvalue weighted by Gasteiger charge is 2.33. The largest absolute Gasteiger partial charge is 0.352 e. The predicted molar refractivity (Wildman–Crippen MR) is 96.3 cm³/mol. The van der Waals surface area contributed by atoms with Crippen LogP contribution in [-0.4, -0.2) is 47.9 Å². The lowest BCUT2D eigenvalue weighted by molar-refractivity contribution is 0.150. The van der Waals surface area contributed by atoms with Gasteiger partial charge in [-0.2, -0.15) is 5.01 Å². The first-order valence-corrected chi connectivity index (χ1v) is 10.1. The lowest BCUT2D eigenvalue weighted by atomic mass is 10.2. The fourth-order valence-corrected chi connectivity index (χ4v) is 3.84. The van der Waals surface area contributed by atoms with Gasteiger partial charge >= 0.3 is 13.6 Å². The van der Waals surface area contributed by atoms with Gasteiger partial charge in [0.15, 0.2) is 6.29 Å². The van der Waals surface area contributed by atoms with E-state index in [1.807, 2.05) is 30.3 Å². The minimum Gasteiger partial charge on any atom is -0.318 e. The minimum absolute atomic E-state index is 0.119. The Balaban J connectivity index is 2.91. The number of hydrogen-bond acceptors (Lipinski definition) is 6. The molecule has 0 unspecified atom stereocenters. The molecule has 0 fully saturated rings. The average molecular weight is 392 g/mol. The number of rotatable bonds is 11. The van der Waals surface area contributed by atoms with Gasteiger partial charge in [-0.05, 0) is 19.4 Å². The molecule has 10 heteroatoms. The van der Waals surface area contributed by atoms with Crippen molar-refractivity contribution in [3.05, 3.63) is 40.8 Å². The number of alkyl halides is 1. The van der Waals surface area contributed by atoms with E-state index in [1.54, 1.807) is 13.8 Å². The molecule has 1 aromatic carbocycles. The van der Waals surface area contributed by atoms with Crippen LogP contribution in [0.2, 0.25) is 0 Å². The van der Waals surface area contributed by atoms with Gasteiger partial charge < -0.3 is 13.9 Å². The van der Waals surface area contributed by atoms with E-state index in [0.29, 0.717) is 5.01 Å². The van der Waals surface area contributed by atoms with Gasteiger partial charge in [-0.1, -0.05) is 30.3 Å². The van der Waals surface area contributed by atoms with Gasteiger partial charge in [0.2, 0.25) is 0 Å². The maximum atomic E-state index is 12.6. The number of nitrogens with zero attached hydrogens (tertiary/aromatic N) is 3. The van der Waals surface area contributed by atoms with E-state index in [-0.39, 0.29) is 32.2 Å². The number of benzene rings is 1. The molecule has 0 saturated heterocycles. The fraction of sp³-hybridized carbons (Fsp3) is 0.533. The summed E-state index contributed by atoms with van der Waals surface area (Å²) in [6, 6.07) is 8.52. The minimum atomic E-state index is -3.64. The van der Waals surface area contributed by atoms with Crippen LogP contribution >= 0.6 is 19.2 Å². The lowest BCUT2D eigenvalue weighted by Crippen LogP contribution is -2.41. The molecule has 0 spiro atoms. The Hall–Kier alpha value is -1.47. The summed E-state index contributed by atoms with van der Waals surface area (Å²) in [5.74, 6) is 0.180. The van der Waals surface area contributed by atoms with Crippen LogP contribution < -0.4 is 0 Å². The van der Waals surface area contributed by atoms with E-state index in [0.717, 1.165) is 5.56 Å². The SMILES string of the molecule is CCOP(=O)(CN(N=O)C(=O)N(CCCl)Cc1ccccc1)OCC. The Kier molecular flexibility index (Phi) is 9.67. The molecule has 0 atom stereocenters. The zero-order chi connectivity index (χ0) is 18.7. The van der Waals surface area contributed by atoms with Crippen LogP contribution in [0.3, 0.4) is 0 Å². The van der Waals surface area contributed by atoms with Crippen LogP contribution in [0, 0.1) is 4.91 Å². The summed E-state index contributed by atoms with van der Waals surface area (Å²) in [4.78, 5) is 25.1. The predicted octanol–water partition coefficient (Wildman–Crippen LogP) is 4.05. The lowest BCUT2D eigenvalue weighted by Gasteiger charge is -2.27. The highest BCUT2D eigenvalue weighted by atomic mass is 35.5. The molecule has 0 aliphatic rings. The Morgan fingerprint density at radius 2 is 1.80 bits per heavy atom. The fourth-order valence-electron chi connectivity index (χ4n) is 2.11. The molecule has 140 valence electrons. The second-order valence-electron chi connectivity index (χ2n) is 4.95. The molecule has 0 saturated carbocycles. The Bertz CT molecular complexity index is 580. The summed E-state index contributed by atoms with van der Waals surface area (Å²) in [5, 5.41) is 3.26. The van der Waals surface area contributed by atoms with E-state index >= 15 is 0 Å². The average Bonchev–Trinajstić information content (AvgIpc) is 2.60. The van der Waals surface area contributed by atoms with Crippen molar-refractivity contribution in [1.82, 2.24) is 9.91 Å². The summed E-state index contributed by atoms with van der Waals surface area (Å²) in [6.07, 6.45) is -0.551. The Morgan fingerprint density at radius 3 is 2.28 bits per heavy atom. The zero-order valence-electron chi connectivity index (χ0n) is 14.3. The maximum absolute atomic E-state index is 12.6. The summed E-state index contributed by atoms with van der Waals surface area (Å²) >= 11 is 5.76. The molecule has 1 rings (SSSR count). The summed E-state index contributed by atoms with van der Waals surface area (Å²) in [6.45, 7) is 3.96. The van der Waals surface area contributed by atoms with Gasteiger partial charge in [-0.3, -0.25) is 4.57 Å². The molecule has 0 radical (unpaired) electrons. The third-order valence-electron chi connectivity index (χ3n) is 3.12. The molecule has 8 nitrogen and oxygen atoms in total. The molecule has 0 N–H and O–H groups in total. The van der Waals surface area contributed by atoms with Gasteiger partial charge in [0.25, 0.3) is 0 Å². The highest BCUT2D eigenvalue weighted by molar-refractivity contribution is 7.53. The van der Waals surface area contributed by atoms with E-state index in [2.05, 4.69) is 5.29 Å². The van der Waals surface area contributed by atoms with Crippen LogP contribution in [0.1, 0.15) is 19.4 Å². The first-order chi connectivity index (χ1) is 12.0. The Labute approximate surface area is 152 Å². The zero-order valence-corrected chi connectivity index (χ0v) is 16.0. The Morgan fingerprint density at radius 1 is 1.20 bits per heavy atom. The number of nitroso groups, excluding NO2 is 1. The van der Waals surface area contributed by atoms with Crippen molar-refractivity contribution in [2.45, 2.75) is 20.4 Å². The van der Waals surface area contributed by atoms with E-state index in [9.17, 15) is 14.3 Å². The molecule has 0 aliphatic heterocycles.